The second kappa shape index (κ2) is 7.11. The number of hydrogen-bond acceptors (Lipinski definition) is 3. The topological polar surface area (TPSA) is 64.7 Å². The number of aromatic nitrogens is 4. The molecule has 0 spiro atoms. The van der Waals surface area contributed by atoms with Crippen molar-refractivity contribution < 1.29 is 4.79 Å². The minimum absolute atomic E-state index is 0.106. The second-order valence-corrected chi connectivity index (χ2v) is 6.38. The molecule has 0 aliphatic heterocycles. The summed E-state index contributed by atoms with van der Waals surface area (Å²) >= 11 is 6.13. The number of nitrogens with zero attached hydrogens (tertiary/aromatic N) is 4. The van der Waals surface area contributed by atoms with Crippen molar-refractivity contribution in [2.24, 2.45) is 0 Å². The molecule has 6 nitrogen and oxygen atoms in total. The van der Waals surface area contributed by atoms with Crippen LogP contribution < -0.4 is 5.32 Å². The quantitative estimate of drug-likeness (QED) is 0.761. The lowest BCUT2D eigenvalue weighted by Gasteiger charge is -2.10. The fraction of sp³-hybridized carbons (Fsp3) is 0.278. The van der Waals surface area contributed by atoms with Gasteiger partial charge in [-0.15, -0.1) is 0 Å². The number of carbonyl (C=O) groups is 1. The Bertz CT molecular complexity index is 898. The summed E-state index contributed by atoms with van der Waals surface area (Å²) < 4.78 is 3.40. The van der Waals surface area contributed by atoms with Crippen LogP contribution in [-0.2, 0) is 17.9 Å². The van der Waals surface area contributed by atoms with Gasteiger partial charge in [0.1, 0.15) is 12.4 Å². The van der Waals surface area contributed by atoms with E-state index in [4.69, 9.17) is 11.6 Å². The number of hydrogen-bond donors (Lipinski definition) is 1. The van der Waals surface area contributed by atoms with Crippen molar-refractivity contribution >= 4 is 23.3 Å². The predicted octanol–water partition coefficient (Wildman–Crippen LogP) is 3.35. The molecule has 0 aliphatic carbocycles. The van der Waals surface area contributed by atoms with Gasteiger partial charge >= 0.3 is 0 Å². The molecule has 25 heavy (non-hydrogen) atoms. The van der Waals surface area contributed by atoms with E-state index in [1.807, 2.05) is 57.2 Å². The Morgan fingerprint density at radius 2 is 1.84 bits per heavy atom. The molecule has 2 aromatic heterocycles. The zero-order chi connectivity index (χ0) is 18.0. The Kier molecular flexibility index (Phi) is 4.90. The maximum absolute atomic E-state index is 12.4. The van der Waals surface area contributed by atoms with Gasteiger partial charge in [-0.1, -0.05) is 41.9 Å². The van der Waals surface area contributed by atoms with E-state index >= 15 is 0 Å². The van der Waals surface area contributed by atoms with E-state index in [1.165, 1.54) is 0 Å². The van der Waals surface area contributed by atoms with Crippen LogP contribution in [0, 0.1) is 20.8 Å². The molecule has 1 amide bonds. The summed E-state index contributed by atoms with van der Waals surface area (Å²) in [5, 5.41) is 12.3. The summed E-state index contributed by atoms with van der Waals surface area (Å²) in [7, 11) is 0. The van der Waals surface area contributed by atoms with Crippen molar-refractivity contribution in [1.29, 1.82) is 0 Å². The Morgan fingerprint density at radius 3 is 2.48 bits per heavy atom. The zero-order valence-corrected chi connectivity index (χ0v) is 15.2. The van der Waals surface area contributed by atoms with Crippen molar-refractivity contribution in [2.75, 3.05) is 5.32 Å². The Hall–Kier alpha value is -2.60. The molecule has 3 rings (SSSR count). The number of halogens is 1. The zero-order valence-electron chi connectivity index (χ0n) is 14.5. The molecule has 0 saturated heterocycles. The first-order chi connectivity index (χ1) is 11.9. The first-order valence-electron chi connectivity index (χ1n) is 8.02. The van der Waals surface area contributed by atoms with E-state index in [9.17, 15) is 4.79 Å². The van der Waals surface area contributed by atoms with Gasteiger partial charge in [0.25, 0.3) is 0 Å². The third kappa shape index (κ3) is 3.91. The van der Waals surface area contributed by atoms with Crippen LogP contribution in [0.2, 0.25) is 5.02 Å². The number of rotatable bonds is 5. The largest absolute Gasteiger partial charge is 0.309 e. The molecule has 3 aromatic rings. The molecular weight excluding hydrogens is 338 g/mol. The third-order valence-electron chi connectivity index (χ3n) is 3.93. The van der Waals surface area contributed by atoms with Gasteiger partial charge in [-0.2, -0.15) is 10.2 Å². The van der Waals surface area contributed by atoms with E-state index in [0.29, 0.717) is 17.4 Å². The smallest absolute Gasteiger partial charge is 0.247 e. The van der Waals surface area contributed by atoms with Crippen LogP contribution in [0.3, 0.4) is 0 Å². The SMILES string of the molecule is Cc1cc(NC(=O)Cn2nc(C)c(Cl)c2C)n(Cc2ccccc2)n1. The molecule has 0 unspecified atom stereocenters. The molecule has 0 fully saturated rings. The van der Waals surface area contributed by atoms with E-state index in [0.717, 1.165) is 22.6 Å². The van der Waals surface area contributed by atoms with Crippen LogP contribution in [0.5, 0.6) is 0 Å². The van der Waals surface area contributed by atoms with E-state index < -0.39 is 0 Å². The lowest BCUT2D eigenvalue weighted by molar-refractivity contribution is -0.117. The monoisotopic (exact) mass is 357 g/mol. The fourth-order valence-corrected chi connectivity index (χ4v) is 2.81. The average Bonchev–Trinajstić information content (AvgIpc) is 3.03. The highest BCUT2D eigenvalue weighted by Crippen LogP contribution is 2.19. The maximum atomic E-state index is 12.4. The minimum atomic E-state index is -0.170. The van der Waals surface area contributed by atoms with Gasteiger partial charge < -0.3 is 5.32 Å². The maximum Gasteiger partial charge on any atom is 0.247 e. The van der Waals surface area contributed by atoms with Crippen molar-refractivity contribution in [3.63, 3.8) is 0 Å². The van der Waals surface area contributed by atoms with Crippen LogP contribution in [0.15, 0.2) is 36.4 Å². The number of aryl methyl sites for hydroxylation is 2. The molecular formula is C18H20ClN5O. The van der Waals surface area contributed by atoms with Crippen LogP contribution in [-0.4, -0.2) is 25.5 Å². The van der Waals surface area contributed by atoms with Gasteiger partial charge in [-0.25, -0.2) is 4.68 Å². The Labute approximate surface area is 151 Å². The summed E-state index contributed by atoms with van der Waals surface area (Å²) in [4.78, 5) is 12.4. The minimum Gasteiger partial charge on any atom is -0.309 e. The van der Waals surface area contributed by atoms with Crippen LogP contribution >= 0.6 is 11.6 Å². The molecule has 0 aliphatic rings. The number of amides is 1. The average molecular weight is 358 g/mol. The standard InChI is InChI=1S/C18H20ClN5O/c1-12-9-16(24(21-12)10-15-7-5-4-6-8-15)20-17(25)11-23-14(3)18(19)13(2)22-23/h4-9H,10-11H2,1-3H3,(H,20,25). The molecule has 0 bridgehead atoms. The fourth-order valence-electron chi connectivity index (χ4n) is 2.67. The molecule has 0 saturated carbocycles. The van der Waals surface area contributed by atoms with Crippen molar-refractivity contribution in [3.8, 4) is 0 Å². The van der Waals surface area contributed by atoms with Crippen molar-refractivity contribution in [1.82, 2.24) is 19.6 Å². The lowest BCUT2D eigenvalue weighted by Crippen LogP contribution is -2.22. The highest BCUT2D eigenvalue weighted by atomic mass is 35.5. The van der Waals surface area contributed by atoms with Crippen LogP contribution in [0.1, 0.15) is 22.6 Å². The summed E-state index contributed by atoms with van der Waals surface area (Å²) in [6, 6.07) is 11.9. The normalized spacial score (nSPS) is 10.9. The summed E-state index contributed by atoms with van der Waals surface area (Å²) in [5.41, 5.74) is 3.46. The first-order valence-corrected chi connectivity index (χ1v) is 8.39. The molecule has 0 atom stereocenters. The highest BCUT2D eigenvalue weighted by Gasteiger charge is 2.14. The molecule has 130 valence electrons. The number of anilines is 1. The molecule has 2 heterocycles. The lowest BCUT2D eigenvalue weighted by atomic mass is 10.2. The number of benzene rings is 1. The Morgan fingerprint density at radius 1 is 1.12 bits per heavy atom. The van der Waals surface area contributed by atoms with Crippen molar-refractivity contribution in [2.45, 2.75) is 33.9 Å². The second-order valence-electron chi connectivity index (χ2n) is 6.00. The molecule has 7 heteroatoms. The molecule has 1 N–H and O–H groups in total. The van der Waals surface area contributed by atoms with E-state index in [-0.39, 0.29) is 12.5 Å². The van der Waals surface area contributed by atoms with Gasteiger partial charge in [0.15, 0.2) is 0 Å². The summed E-state index contributed by atoms with van der Waals surface area (Å²) in [6.45, 7) is 6.27. The summed E-state index contributed by atoms with van der Waals surface area (Å²) in [5.74, 6) is 0.496. The molecule has 0 radical (unpaired) electrons. The number of nitrogens with one attached hydrogen (secondary N) is 1. The Balaban J connectivity index is 1.74. The predicted molar refractivity (Wildman–Crippen MR) is 97.8 cm³/mol. The summed E-state index contributed by atoms with van der Waals surface area (Å²) in [6.07, 6.45) is 0. The van der Waals surface area contributed by atoms with Crippen molar-refractivity contribution in [3.05, 3.63) is 64.1 Å². The molecule has 1 aromatic carbocycles. The third-order valence-corrected chi connectivity index (χ3v) is 4.48. The van der Waals surface area contributed by atoms with E-state index in [1.54, 1.807) is 9.36 Å². The van der Waals surface area contributed by atoms with Gasteiger partial charge in [-0.05, 0) is 26.3 Å². The van der Waals surface area contributed by atoms with Crippen LogP contribution in [0.25, 0.3) is 0 Å². The van der Waals surface area contributed by atoms with Gasteiger partial charge in [0, 0.05) is 6.07 Å². The van der Waals surface area contributed by atoms with Gasteiger partial charge in [0.2, 0.25) is 5.91 Å². The highest BCUT2D eigenvalue weighted by molar-refractivity contribution is 6.31. The van der Waals surface area contributed by atoms with Gasteiger partial charge in [-0.3, -0.25) is 9.48 Å². The van der Waals surface area contributed by atoms with Crippen LogP contribution in [0.4, 0.5) is 5.82 Å². The van der Waals surface area contributed by atoms with Gasteiger partial charge in [0.05, 0.1) is 28.6 Å². The van der Waals surface area contributed by atoms with E-state index in [2.05, 4.69) is 15.5 Å². The first kappa shape index (κ1) is 17.2. The number of carbonyl (C=O) groups excluding carboxylic acids is 1.